The van der Waals surface area contributed by atoms with Gasteiger partial charge in [0.2, 0.25) is 0 Å². The zero-order valence-corrected chi connectivity index (χ0v) is 18.0. The third kappa shape index (κ3) is 4.23. The molecule has 2 atom stereocenters. The Bertz CT molecular complexity index is 875. The highest BCUT2D eigenvalue weighted by Crippen LogP contribution is 2.34. The van der Waals surface area contributed by atoms with E-state index in [1.165, 1.54) is 18.4 Å². The summed E-state index contributed by atoms with van der Waals surface area (Å²) in [6.07, 6.45) is 1.08. The van der Waals surface area contributed by atoms with Gasteiger partial charge in [0.1, 0.15) is 21.3 Å². The average molecular weight is 421 g/mol. The molecule has 2 aliphatic rings. The molecule has 2 unspecified atom stereocenters. The Hall–Kier alpha value is -1.81. The number of aryl methyl sites for hydroxylation is 2. The molecule has 29 heavy (non-hydrogen) atoms. The number of hydrogen-bond donors (Lipinski definition) is 1. The van der Waals surface area contributed by atoms with Gasteiger partial charge >= 0.3 is 5.97 Å². The Labute approximate surface area is 174 Å². The summed E-state index contributed by atoms with van der Waals surface area (Å²) in [7, 11) is 1.40. The van der Waals surface area contributed by atoms with Gasteiger partial charge in [0.25, 0.3) is 0 Å². The van der Waals surface area contributed by atoms with Crippen molar-refractivity contribution in [2.45, 2.75) is 26.3 Å². The van der Waals surface area contributed by atoms with Gasteiger partial charge in [0.05, 0.1) is 32.3 Å². The molecule has 2 aliphatic heterocycles. The van der Waals surface area contributed by atoms with Crippen LogP contribution in [0.15, 0.2) is 0 Å². The van der Waals surface area contributed by atoms with E-state index in [9.17, 15) is 4.79 Å². The highest BCUT2D eigenvalue weighted by atomic mass is 32.1. The van der Waals surface area contributed by atoms with Crippen molar-refractivity contribution in [3.8, 4) is 0 Å². The van der Waals surface area contributed by atoms with E-state index in [4.69, 9.17) is 14.2 Å². The summed E-state index contributed by atoms with van der Waals surface area (Å²) in [4.78, 5) is 25.2. The van der Waals surface area contributed by atoms with Crippen LogP contribution in [0.1, 0.15) is 27.5 Å². The first-order chi connectivity index (χ1) is 14.1. The van der Waals surface area contributed by atoms with Crippen LogP contribution in [0.2, 0.25) is 0 Å². The Morgan fingerprint density at radius 1 is 1.28 bits per heavy atom. The van der Waals surface area contributed by atoms with Crippen molar-refractivity contribution in [1.29, 1.82) is 0 Å². The lowest BCUT2D eigenvalue weighted by Gasteiger charge is -2.37. The fourth-order valence-corrected chi connectivity index (χ4v) is 5.37. The number of carbonyl (C=O) groups is 1. The molecule has 4 heterocycles. The quantitative estimate of drug-likeness (QED) is 0.712. The number of carbonyl (C=O) groups excluding carboxylic acids is 1. The normalized spacial score (nSPS) is 21.4. The lowest BCUT2D eigenvalue weighted by atomic mass is 9.97. The standard InChI is InChI=1S/C20H28N4O4S/c1-12-16-18(22-13(2)23-19(16)29-17(12)20(25)26-3)21-10-15(14-4-7-28-11-14)24-5-8-27-9-6-24/h14-15H,4-11H2,1-3H3,(H,21,22,23). The van der Waals surface area contributed by atoms with Crippen LogP contribution in [0.5, 0.6) is 0 Å². The van der Waals surface area contributed by atoms with Crippen LogP contribution >= 0.6 is 11.3 Å². The first-order valence-corrected chi connectivity index (χ1v) is 10.9. The van der Waals surface area contributed by atoms with Crippen molar-refractivity contribution < 1.29 is 19.0 Å². The van der Waals surface area contributed by atoms with Crippen LogP contribution in [-0.4, -0.2) is 80.1 Å². The van der Waals surface area contributed by atoms with E-state index in [1.54, 1.807) is 0 Å². The molecular formula is C20H28N4O4S. The van der Waals surface area contributed by atoms with Crippen molar-refractivity contribution in [2.24, 2.45) is 5.92 Å². The molecule has 1 N–H and O–H groups in total. The van der Waals surface area contributed by atoms with Crippen LogP contribution in [0, 0.1) is 19.8 Å². The molecule has 8 nitrogen and oxygen atoms in total. The number of rotatable bonds is 6. The van der Waals surface area contributed by atoms with Gasteiger partial charge in [0.15, 0.2) is 0 Å². The second kappa shape index (κ2) is 8.91. The zero-order chi connectivity index (χ0) is 20.4. The zero-order valence-electron chi connectivity index (χ0n) is 17.2. The third-order valence-corrected chi connectivity index (χ3v) is 6.94. The summed E-state index contributed by atoms with van der Waals surface area (Å²) < 4.78 is 16.1. The predicted molar refractivity (Wildman–Crippen MR) is 112 cm³/mol. The molecule has 0 spiro atoms. The van der Waals surface area contributed by atoms with Gasteiger partial charge in [-0.1, -0.05) is 0 Å². The molecule has 2 aromatic heterocycles. The molecule has 9 heteroatoms. The number of nitrogens with one attached hydrogen (secondary N) is 1. The van der Waals surface area contributed by atoms with E-state index in [0.29, 0.717) is 22.7 Å². The monoisotopic (exact) mass is 420 g/mol. The smallest absolute Gasteiger partial charge is 0.348 e. The number of fused-ring (bicyclic) bond motifs is 1. The van der Waals surface area contributed by atoms with Crippen LogP contribution < -0.4 is 5.32 Å². The van der Waals surface area contributed by atoms with Crippen molar-refractivity contribution >= 4 is 33.3 Å². The Morgan fingerprint density at radius 2 is 2.07 bits per heavy atom. The van der Waals surface area contributed by atoms with E-state index >= 15 is 0 Å². The molecule has 2 saturated heterocycles. The van der Waals surface area contributed by atoms with Gasteiger partial charge in [-0.15, -0.1) is 11.3 Å². The molecule has 158 valence electrons. The van der Waals surface area contributed by atoms with Gasteiger partial charge < -0.3 is 19.5 Å². The van der Waals surface area contributed by atoms with Gasteiger partial charge in [-0.3, -0.25) is 4.90 Å². The maximum absolute atomic E-state index is 12.1. The fourth-order valence-electron chi connectivity index (χ4n) is 4.22. The minimum atomic E-state index is -0.330. The van der Waals surface area contributed by atoms with E-state index < -0.39 is 0 Å². The summed E-state index contributed by atoms with van der Waals surface area (Å²) in [5, 5.41) is 4.49. The average Bonchev–Trinajstić information content (AvgIpc) is 3.37. The second-order valence-corrected chi connectivity index (χ2v) is 8.57. The van der Waals surface area contributed by atoms with E-state index in [0.717, 1.165) is 74.1 Å². The van der Waals surface area contributed by atoms with Gasteiger partial charge in [0, 0.05) is 38.2 Å². The number of esters is 1. The maximum atomic E-state index is 12.1. The number of aromatic nitrogens is 2. The summed E-state index contributed by atoms with van der Waals surface area (Å²) in [5.41, 5.74) is 0.867. The minimum absolute atomic E-state index is 0.330. The van der Waals surface area contributed by atoms with Crippen LogP contribution in [-0.2, 0) is 14.2 Å². The number of methoxy groups -OCH3 is 1. The first kappa shape index (κ1) is 20.5. The largest absolute Gasteiger partial charge is 0.465 e. The molecule has 0 amide bonds. The summed E-state index contributed by atoms with van der Waals surface area (Å²) in [6, 6.07) is 0.353. The second-order valence-electron chi connectivity index (χ2n) is 7.57. The van der Waals surface area contributed by atoms with Gasteiger partial charge in [-0.05, 0) is 25.8 Å². The Morgan fingerprint density at radius 3 is 2.76 bits per heavy atom. The Kier molecular flexibility index (Phi) is 6.29. The molecule has 0 aliphatic carbocycles. The number of morpholine rings is 1. The van der Waals surface area contributed by atoms with Crippen LogP contribution in [0.4, 0.5) is 5.82 Å². The topological polar surface area (TPSA) is 85.8 Å². The molecule has 2 fully saturated rings. The molecule has 0 bridgehead atoms. The molecule has 4 rings (SSSR count). The molecule has 2 aromatic rings. The number of ether oxygens (including phenoxy) is 3. The first-order valence-electron chi connectivity index (χ1n) is 10.1. The maximum Gasteiger partial charge on any atom is 0.348 e. The number of nitrogens with zero attached hydrogens (tertiary/aromatic N) is 3. The van der Waals surface area contributed by atoms with E-state index in [2.05, 4.69) is 20.2 Å². The highest BCUT2D eigenvalue weighted by Gasteiger charge is 2.32. The van der Waals surface area contributed by atoms with E-state index in [-0.39, 0.29) is 5.97 Å². The van der Waals surface area contributed by atoms with Crippen LogP contribution in [0.3, 0.4) is 0 Å². The lowest BCUT2D eigenvalue weighted by molar-refractivity contribution is 0.00460. The summed E-state index contributed by atoms with van der Waals surface area (Å²) in [6.45, 7) is 9.61. The van der Waals surface area contributed by atoms with Crippen molar-refractivity contribution in [3.63, 3.8) is 0 Å². The predicted octanol–water partition coefficient (Wildman–Crippen LogP) is 2.24. The highest BCUT2D eigenvalue weighted by molar-refractivity contribution is 7.20. The number of hydrogen-bond acceptors (Lipinski definition) is 9. The SMILES string of the molecule is COC(=O)c1sc2nc(C)nc(NCC(C3CCOC3)N3CCOCC3)c2c1C. The number of thiophene rings is 1. The molecule has 0 radical (unpaired) electrons. The van der Waals surface area contributed by atoms with Crippen molar-refractivity contribution in [1.82, 2.24) is 14.9 Å². The summed E-state index contributed by atoms with van der Waals surface area (Å²) >= 11 is 1.36. The van der Waals surface area contributed by atoms with E-state index in [1.807, 2.05) is 13.8 Å². The molecular weight excluding hydrogens is 392 g/mol. The van der Waals surface area contributed by atoms with Gasteiger partial charge in [-0.2, -0.15) is 0 Å². The van der Waals surface area contributed by atoms with Crippen molar-refractivity contribution in [2.75, 3.05) is 58.5 Å². The molecule has 0 aromatic carbocycles. The minimum Gasteiger partial charge on any atom is -0.465 e. The van der Waals surface area contributed by atoms with Crippen molar-refractivity contribution in [3.05, 3.63) is 16.3 Å². The van der Waals surface area contributed by atoms with Gasteiger partial charge in [-0.25, -0.2) is 14.8 Å². The summed E-state index contributed by atoms with van der Waals surface area (Å²) in [5.74, 6) is 1.63. The Balaban J connectivity index is 1.61. The van der Waals surface area contributed by atoms with Crippen LogP contribution in [0.25, 0.3) is 10.2 Å². The lowest BCUT2D eigenvalue weighted by Crippen LogP contribution is -2.50. The third-order valence-electron chi connectivity index (χ3n) is 5.78. The molecule has 0 saturated carbocycles. The number of anilines is 1. The fraction of sp³-hybridized carbons (Fsp3) is 0.650.